The number of nitrogens with zero attached hydrogens (tertiary/aromatic N) is 3. The molecule has 0 aromatic heterocycles. The number of rotatable bonds is 6. The molecule has 1 aliphatic rings. The minimum absolute atomic E-state index is 0.111. The molecule has 1 amide bonds. The van der Waals surface area contributed by atoms with Crippen molar-refractivity contribution in [3.05, 3.63) is 59.0 Å². The number of carbonyl (C=O) groups excluding carboxylic acids is 1. The third-order valence-electron chi connectivity index (χ3n) is 4.57. The first-order valence-electron chi connectivity index (χ1n) is 9.42. The van der Waals surface area contributed by atoms with Crippen LogP contribution in [0.5, 0.6) is 0 Å². The van der Waals surface area contributed by atoms with Gasteiger partial charge in [0.1, 0.15) is 0 Å². The van der Waals surface area contributed by atoms with Gasteiger partial charge in [-0.15, -0.1) is 0 Å². The summed E-state index contributed by atoms with van der Waals surface area (Å²) in [5, 5.41) is 3.46. The molecule has 2 aromatic carbocycles. The molecule has 0 bridgehead atoms. The summed E-state index contributed by atoms with van der Waals surface area (Å²) >= 11 is 1.37. The lowest BCUT2D eigenvalue weighted by Gasteiger charge is -2.20. The molecule has 0 radical (unpaired) electrons. The summed E-state index contributed by atoms with van der Waals surface area (Å²) in [6.45, 7) is 6.23. The van der Waals surface area contributed by atoms with Crippen molar-refractivity contribution in [1.82, 2.24) is 5.32 Å². The average molecular weight is 395 g/mol. The summed E-state index contributed by atoms with van der Waals surface area (Å²) in [4.78, 5) is 21.8. The molecule has 0 atom stereocenters. The molecule has 1 aliphatic heterocycles. The van der Waals surface area contributed by atoms with E-state index in [1.54, 1.807) is 0 Å². The first-order valence-corrected chi connectivity index (χ1v) is 10.2. The van der Waals surface area contributed by atoms with Crippen LogP contribution >= 0.6 is 11.8 Å². The summed E-state index contributed by atoms with van der Waals surface area (Å²) < 4.78 is 0. The van der Waals surface area contributed by atoms with E-state index in [1.165, 1.54) is 17.4 Å². The third-order valence-corrected chi connectivity index (χ3v) is 5.48. The van der Waals surface area contributed by atoms with Crippen molar-refractivity contribution in [2.45, 2.75) is 13.8 Å². The molecule has 28 heavy (non-hydrogen) atoms. The second-order valence-electron chi connectivity index (χ2n) is 6.66. The number of amides is 1. The van der Waals surface area contributed by atoms with E-state index >= 15 is 0 Å². The van der Waals surface area contributed by atoms with Gasteiger partial charge in [-0.05, 0) is 73.6 Å². The highest BCUT2D eigenvalue weighted by Gasteiger charge is 2.23. The molecule has 0 saturated carbocycles. The largest absolute Gasteiger partial charge is 0.378 e. The highest BCUT2D eigenvalue weighted by atomic mass is 32.2. The van der Waals surface area contributed by atoms with Gasteiger partial charge in [-0.1, -0.05) is 12.1 Å². The molecular formula is C22H26N4OS. The maximum atomic E-state index is 12.3. The fraction of sp³-hybridized carbons (Fsp3) is 0.273. The summed E-state index contributed by atoms with van der Waals surface area (Å²) in [6, 6.07) is 16.2. The number of nitrogens with one attached hydrogen (secondary N) is 1. The Bertz CT molecular complexity index is 882. The molecule has 1 heterocycles. The van der Waals surface area contributed by atoms with Gasteiger partial charge in [-0.3, -0.25) is 4.79 Å². The smallest absolute Gasteiger partial charge is 0.264 e. The molecule has 1 N–H and O–H groups in total. The van der Waals surface area contributed by atoms with Crippen LogP contribution in [-0.4, -0.2) is 38.3 Å². The Morgan fingerprint density at radius 1 is 0.964 bits per heavy atom. The quantitative estimate of drug-likeness (QED) is 0.734. The highest BCUT2D eigenvalue weighted by molar-refractivity contribution is 8.18. The van der Waals surface area contributed by atoms with E-state index in [0.29, 0.717) is 10.1 Å². The van der Waals surface area contributed by atoms with E-state index in [9.17, 15) is 4.79 Å². The van der Waals surface area contributed by atoms with Gasteiger partial charge in [0.2, 0.25) is 0 Å². The van der Waals surface area contributed by atoms with Crippen molar-refractivity contribution in [3.8, 4) is 0 Å². The van der Waals surface area contributed by atoms with Gasteiger partial charge < -0.3 is 15.1 Å². The molecule has 0 aliphatic carbocycles. The van der Waals surface area contributed by atoms with Gasteiger partial charge in [0.25, 0.3) is 5.91 Å². The number of amidine groups is 1. The number of thioether (sulfide) groups is 1. The van der Waals surface area contributed by atoms with Gasteiger partial charge in [-0.2, -0.15) is 0 Å². The van der Waals surface area contributed by atoms with Crippen LogP contribution in [0, 0.1) is 0 Å². The average Bonchev–Trinajstić information content (AvgIpc) is 3.03. The zero-order valence-corrected chi connectivity index (χ0v) is 17.6. The van der Waals surface area contributed by atoms with Crippen LogP contribution in [0.15, 0.2) is 58.4 Å². The normalized spacial score (nSPS) is 16.5. The van der Waals surface area contributed by atoms with E-state index in [2.05, 4.69) is 41.2 Å². The highest BCUT2D eigenvalue weighted by Crippen LogP contribution is 2.29. The van der Waals surface area contributed by atoms with Gasteiger partial charge >= 0.3 is 0 Å². The van der Waals surface area contributed by atoms with Crippen LogP contribution in [0.2, 0.25) is 0 Å². The van der Waals surface area contributed by atoms with Crippen molar-refractivity contribution in [2.24, 2.45) is 4.99 Å². The lowest BCUT2D eigenvalue weighted by molar-refractivity contribution is -0.115. The van der Waals surface area contributed by atoms with Gasteiger partial charge in [0.05, 0.1) is 10.6 Å². The fourth-order valence-electron chi connectivity index (χ4n) is 2.94. The number of aliphatic imine (C=N–C) groups is 1. The molecular weight excluding hydrogens is 368 g/mol. The van der Waals surface area contributed by atoms with Crippen LogP contribution in [0.25, 0.3) is 6.08 Å². The Morgan fingerprint density at radius 3 is 2.14 bits per heavy atom. The molecule has 6 heteroatoms. The number of hydrogen-bond donors (Lipinski definition) is 1. The van der Waals surface area contributed by atoms with Crippen molar-refractivity contribution >= 4 is 46.0 Å². The summed E-state index contributed by atoms with van der Waals surface area (Å²) in [5.74, 6) is -0.111. The summed E-state index contributed by atoms with van der Waals surface area (Å²) in [7, 11) is 4.01. The Morgan fingerprint density at radius 2 is 1.57 bits per heavy atom. The molecule has 0 unspecified atom stereocenters. The number of anilines is 2. The fourth-order valence-corrected chi connectivity index (χ4v) is 3.79. The van der Waals surface area contributed by atoms with E-state index in [1.807, 2.05) is 61.5 Å². The van der Waals surface area contributed by atoms with E-state index < -0.39 is 0 Å². The van der Waals surface area contributed by atoms with Crippen LogP contribution in [-0.2, 0) is 4.79 Å². The second-order valence-corrected chi connectivity index (χ2v) is 7.69. The SMILES string of the molecule is CCN(CC)c1ccc(N=C2NC(=O)/C(=C/c3ccc(N(C)C)cc3)S2)cc1. The van der Waals surface area contributed by atoms with Crippen LogP contribution in [0.1, 0.15) is 19.4 Å². The Labute approximate surface area is 171 Å². The minimum Gasteiger partial charge on any atom is -0.378 e. The Hall–Kier alpha value is -2.73. The maximum absolute atomic E-state index is 12.3. The van der Waals surface area contributed by atoms with Crippen molar-refractivity contribution < 1.29 is 4.79 Å². The molecule has 3 rings (SSSR count). The standard InChI is InChI=1S/C22H26N4OS/c1-5-26(6-2)19-13-9-17(10-14-19)23-22-24-21(27)20(28-22)15-16-7-11-18(12-8-16)25(3)4/h7-15H,5-6H2,1-4H3,(H,23,24,27)/b20-15-. The second kappa shape index (κ2) is 8.97. The van der Waals surface area contributed by atoms with Gasteiger partial charge in [0.15, 0.2) is 5.17 Å². The molecule has 0 spiro atoms. The first-order chi connectivity index (χ1) is 13.5. The topological polar surface area (TPSA) is 47.9 Å². The lowest BCUT2D eigenvalue weighted by atomic mass is 10.2. The first kappa shape index (κ1) is 20.0. The molecule has 5 nitrogen and oxygen atoms in total. The predicted molar refractivity (Wildman–Crippen MR) is 122 cm³/mol. The lowest BCUT2D eigenvalue weighted by Crippen LogP contribution is -2.21. The minimum atomic E-state index is -0.111. The monoisotopic (exact) mass is 394 g/mol. The molecule has 1 saturated heterocycles. The Kier molecular flexibility index (Phi) is 6.41. The summed E-state index contributed by atoms with van der Waals surface area (Å²) in [6.07, 6.45) is 1.89. The van der Waals surface area contributed by atoms with Crippen LogP contribution in [0.4, 0.5) is 17.1 Å². The zero-order valence-electron chi connectivity index (χ0n) is 16.8. The number of hydrogen-bond acceptors (Lipinski definition) is 5. The zero-order chi connectivity index (χ0) is 20.1. The molecule has 1 fully saturated rings. The molecule has 146 valence electrons. The number of carbonyl (C=O) groups is 1. The summed E-state index contributed by atoms with van der Waals surface area (Å²) in [5.41, 5.74) is 4.13. The van der Waals surface area contributed by atoms with Crippen LogP contribution < -0.4 is 15.1 Å². The number of benzene rings is 2. The third kappa shape index (κ3) is 4.75. The van der Waals surface area contributed by atoms with Crippen LogP contribution in [0.3, 0.4) is 0 Å². The van der Waals surface area contributed by atoms with Crippen molar-refractivity contribution in [3.63, 3.8) is 0 Å². The maximum Gasteiger partial charge on any atom is 0.264 e. The van der Waals surface area contributed by atoms with E-state index in [0.717, 1.165) is 30.0 Å². The Balaban J connectivity index is 1.73. The predicted octanol–water partition coefficient (Wildman–Crippen LogP) is 4.49. The van der Waals surface area contributed by atoms with Gasteiger partial charge in [0, 0.05) is 38.6 Å². The van der Waals surface area contributed by atoms with Crippen molar-refractivity contribution in [1.29, 1.82) is 0 Å². The van der Waals surface area contributed by atoms with Crippen molar-refractivity contribution in [2.75, 3.05) is 37.0 Å². The van der Waals surface area contributed by atoms with E-state index in [4.69, 9.17) is 0 Å². The van der Waals surface area contributed by atoms with Gasteiger partial charge in [-0.25, -0.2) is 4.99 Å². The molecule has 2 aromatic rings. The van der Waals surface area contributed by atoms with E-state index in [-0.39, 0.29) is 5.91 Å².